The molecule has 0 aliphatic carbocycles. The maximum atomic E-state index is 12.0. The number of hydrogen-bond acceptors (Lipinski definition) is 5. The summed E-state index contributed by atoms with van der Waals surface area (Å²) in [4.78, 5) is 35.7. The van der Waals surface area contributed by atoms with Crippen molar-refractivity contribution >= 4 is 70.0 Å². The maximum Gasteiger partial charge on any atom is 0.250 e. The average Bonchev–Trinajstić information content (AvgIpc) is 2.77. The van der Waals surface area contributed by atoms with E-state index in [-0.39, 0.29) is 18.0 Å². The number of hydrogen-bond donors (Lipinski definition) is 4. The van der Waals surface area contributed by atoms with Gasteiger partial charge in [-0.2, -0.15) is 0 Å². The maximum absolute atomic E-state index is 12.0. The Kier molecular flexibility index (Phi) is 9.93. The summed E-state index contributed by atoms with van der Waals surface area (Å²) in [5.41, 5.74) is 5.90. The van der Waals surface area contributed by atoms with E-state index in [4.69, 9.17) is 40.2 Å². The molecule has 0 aliphatic rings. The van der Waals surface area contributed by atoms with E-state index in [0.717, 1.165) is 5.56 Å². The van der Waals surface area contributed by atoms with E-state index in [0.29, 0.717) is 21.5 Å². The first-order valence-corrected chi connectivity index (χ1v) is 10.4. The minimum absolute atomic E-state index is 0.0871. The SMILES string of the molecule is COc1ccc(C=CC(=O)NC(=S)NNC(=O)CCC(=O)Nc2ccc(Cl)cc2Cl)cc1. The monoisotopic (exact) mass is 494 g/mol. The molecule has 0 radical (unpaired) electrons. The largest absolute Gasteiger partial charge is 0.497 e. The van der Waals surface area contributed by atoms with Gasteiger partial charge in [-0.25, -0.2) is 0 Å². The van der Waals surface area contributed by atoms with Gasteiger partial charge in [0.05, 0.1) is 17.8 Å². The van der Waals surface area contributed by atoms with Gasteiger partial charge in [-0.1, -0.05) is 35.3 Å². The molecule has 32 heavy (non-hydrogen) atoms. The molecule has 0 spiro atoms. The third kappa shape index (κ3) is 8.93. The molecular weight excluding hydrogens is 475 g/mol. The Labute approximate surface area is 200 Å². The van der Waals surface area contributed by atoms with Crippen molar-refractivity contribution < 1.29 is 19.1 Å². The lowest BCUT2D eigenvalue weighted by Gasteiger charge is -2.10. The molecule has 0 atom stereocenters. The zero-order valence-electron chi connectivity index (χ0n) is 16.9. The van der Waals surface area contributed by atoms with Gasteiger partial charge in [0.2, 0.25) is 17.7 Å². The van der Waals surface area contributed by atoms with Crippen molar-refractivity contribution in [3.63, 3.8) is 0 Å². The smallest absolute Gasteiger partial charge is 0.250 e. The molecule has 3 amide bonds. The standard InChI is InChI=1S/C21H20Cl2N4O4S/c1-31-15-6-2-13(3-7-15)4-9-19(29)25-21(32)27-26-20(30)11-10-18(28)24-17-8-5-14(22)12-16(17)23/h2-9,12H,10-11H2,1H3,(H,24,28)(H,26,30)(H2,25,27,29,32). The molecule has 0 heterocycles. The molecule has 2 aromatic rings. The van der Waals surface area contributed by atoms with Crippen LogP contribution < -0.4 is 26.2 Å². The number of carbonyl (C=O) groups is 3. The van der Waals surface area contributed by atoms with Gasteiger partial charge in [-0.05, 0) is 54.2 Å². The third-order valence-electron chi connectivity index (χ3n) is 3.88. The quantitative estimate of drug-likeness (QED) is 0.266. The number of halogens is 2. The Morgan fingerprint density at radius 1 is 1.00 bits per heavy atom. The van der Waals surface area contributed by atoms with Crippen LogP contribution in [0.15, 0.2) is 48.5 Å². The summed E-state index contributed by atoms with van der Waals surface area (Å²) in [6.45, 7) is 0. The Balaban J connectivity index is 1.68. The van der Waals surface area contributed by atoms with Crippen molar-refractivity contribution in [1.29, 1.82) is 0 Å². The molecule has 0 aliphatic heterocycles. The number of nitrogens with one attached hydrogen (secondary N) is 4. The lowest BCUT2D eigenvalue weighted by atomic mass is 10.2. The summed E-state index contributed by atoms with van der Waals surface area (Å²) in [5, 5.41) is 5.61. The van der Waals surface area contributed by atoms with Crippen molar-refractivity contribution in [2.24, 2.45) is 0 Å². The molecule has 4 N–H and O–H groups in total. The molecule has 2 rings (SSSR count). The van der Waals surface area contributed by atoms with Crippen molar-refractivity contribution in [2.45, 2.75) is 12.8 Å². The van der Waals surface area contributed by atoms with Crippen molar-refractivity contribution in [3.8, 4) is 5.75 Å². The Hall–Kier alpha value is -3.14. The summed E-state index contributed by atoms with van der Waals surface area (Å²) in [6.07, 6.45) is 2.69. The summed E-state index contributed by atoms with van der Waals surface area (Å²) in [7, 11) is 1.57. The second-order valence-electron chi connectivity index (χ2n) is 6.27. The van der Waals surface area contributed by atoms with Gasteiger partial charge >= 0.3 is 0 Å². The zero-order valence-corrected chi connectivity index (χ0v) is 19.2. The fourth-order valence-corrected chi connectivity index (χ4v) is 2.90. The van der Waals surface area contributed by atoms with Crippen LogP contribution in [0.2, 0.25) is 10.0 Å². The number of rotatable bonds is 7. The Morgan fingerprint density at radius 3 is 2.34 bits per heavy atom. The van der Waals surface area contributed by atoms with E-state index in [2.05, 4.69) is 21.5 Å². The lowest BCUT2D eigenvalue weighted by molar-refractivity contribution is -0.124. The fourth-order valence-electron chi connectivity index (χ4n) is 2.29. The minimum Gasteiger partial charge on any atom is -0.497 e. The molecule has 2 aromatic carbocycles. The highest BCUT2D eigenvalue weighted by molar-refractivity contribution is 7.80. The van der Waals surface area contributed by atoms with Crippen molar-refractivity contribution in [1.82, 2.24) is 16.2 Å². The van der Waals surface area contributed by atoms with Crippen LogP contribution in [0, 0.1) is 0 Å². The van der Waals surface area contributed by atoms with Gasteiger partial charge in [0.15, 0.2) is 5.11 Å². The summed E-state index contributed by atoms with van der Waals surface area (Å²) in [5.74, 6) is -0.664. The van der Waals surface area contributed by atoms with Crippen LogP contribution in [0.1, 0.15) is 18.4 Å². The number of carbonyl (C=O) groups excluding carboxylic acids is 3. The van der Waals surface area contributed by atoms with E-state index < -0.39 is 17.7 Å². The molecule has 8 nitrogen and oxygen atoms in total. The first-order valence-electron chi connectivity index (χ1n) is 9.23. The molecule has 0 aromatic heterocycles. The third-order valence-corrected chi connectivity index (χ3v) is 4.63. The normalized spacial score (nSPS) is 10.3. The lowest BCUT2D eigenvalue weighted by Crippen LogP contribution is -2.48. The van der Waals surface area contributed by atoms with Gasteiger partial charge in [-0.15, -0.1) is 0 Å². The van der Waals surface area contributed by atoms with Crippen LogP contribution in [0.4, 0.5) is 5.69 Å². The van der Waals surface area contributed by atoms with Gasteiger partial charge in [0.1, 0.15) is 5.75 Å². The van der Waals surface area contributed by atoms with Crippen LogP contribution in [0.5, 0.6) is 5.75 Å². The number of anilines is 1. The van der Waals surface area contributed by atoms with Gasteiger partial charge in [0.25, 0.3) is 0 Å². The van der Waals surface area contributed by atoms with Crippen molar-refractivity contribution in [2.75, 3.05) is 12.4 Å². The van der Waals surface area contributed by atoms with Crippen molar-refractivity contribution in [3.05, 3.63) is 64.1 Å². The number of hydrazine groups is 1. The second kappa shape index (κ2) is 12.7. The highest BCUT2D eigenvalue weighted by atomic mass is 35.5. The summed E-state index contributed by atoms with van der Waals surface area (Å²) >= 11 is 16.7. The first kappa shape index (κ1) is 25.1. The molecule has 168 valence electrons. The highest BCUT2D eigenvalue weighted by Crippen LogP contribution is 2.25. The van der Waals surface area contributed by atoms with Crippen LogP contribution in [0.25, 0.3) is 6.08 Å². The fraction of sp³-hybridized carbons (Fsp3) is 0.143. The van der Waals surface area contributed by atoms with E-state index in [9.17, 15) is 14.4 Å². The van der Waals surface area contributed by atoms with Gasteiger partial charge < -0.3 is 10.1 Å². The number of thiocarbonyl (C=S) groups is 1. The summed E-state index contributed by atoms with van der Waals surface area (Å²) in [6, 6.07) is 11.8. The minimum atomic E-state index is -0.493. The van der Waals surface area contributed by atoms with Gasteiger partial charge in [-0.3, -0.25) is 30.6 Å². The molecule has 0 saturated carbocycles. The zero-order chi connectivity index (χ0) is 23.5. The molecule has 0 bridgehead atoms. The van der Waals surface area contributed by atoms with Crippen LogP contribution in [0.3, 0.4) is 0 Å². The van der Waals surface area contributed by atoms with E-state index in [1.54, 1.807) is 49.6 Å². The second-order valence-corrected chi connectivity index (χ2v) is 7.52. The molecule has 0 unspecified atom stereocenters. The number of methoxy groups -OCH3 is 1. The molecule has 0 saturated heterocycles. The van der Waals surface area contributed by atoms with Gasteiger partial charge in [0, 0.05) is 23.9 Å². The Bertz CT molecular complexity index is 1030. The number of ether oxygens (including phenoxy) is 1. The first-order chi connectivity index (χ1) is 15.3. The van der Waals surface area contributed by atoms with E-state index >= 15 is 0 Å². The predicted octanol–water partition coefficient (Wildman–Crippen LogP) is 3.46. The molecule has 0 fully saturated rings. The van der Waals surface area contributed by atoms with E-state index in [1.165, 1.54) is 12.1 Å². The topological polar surface area (TPSA) is 109 Å². The van der Waals surface area contributed by atoms with Crippen LogP contribution in [-0.2, 0) is 14.4 Å². The van der Waals surface area contributed by atoms with Crippen LogP contribution >= 0.6 is 35.4 Å². The highest BCUT2D eigenvalue weighted by Gasteiger charge is 2.10. The Morgan fingerprint density at radius 2 is 1.69 bits per heavy atom. The average molecular weight is 495 g/mol. The van der Waals surface area contributed by atoms with Crippen LogP contribution in [-0.4, -0.2) is 29.9 Å². The molecular formula is C21H20Cl2N4O4S. The number of benzene rings is 2. The predicted molar refractivity (Wildman–Crippen MR) is 128 cm³/mol. The van der Waals surface area contributed by atoms with E-state index in [1.807, 2.05) is 0 Å². The number of amides is 3. The molecule has 11 heteroatoms. The summed E-state index contributed by atoms with van der Waals surface area (Å²) < 4.78 is 5.06.